The molecule has 2 atom stereocenters. The van der Waals surface area contributed by atoms with Crippen molar-refractivity contribution >= 4 is 17.7 Å². The van der Waals surface area contributed by atoms with Gasteiger partial charge in [-0.15, -0.1) is 10.2 Å². The normalized spacial score (nSPS) is 18.6. The Morgan fingerprint density at radius 3 is 2.36 bits per heavy atom. The van der Waals surface area contributed by atoms with Crippen molar-refractivity contribution in [2.24, 2.45) is 0 Å². The van der Waals surface area contributed by atoms with E-state index >= 15 is 0 Å². The first kappa shape index (κ1) is 21.4. The van der Waals surface area contributed by atoms with Gasteiger partial charge in [0.05, 0.1) is 12.3 Å². The monoisotopic (exact) mass is 469 g/mol. The Balaban J connectivity index is 1.14. The number of rotatable bonds is 7. The molecule has 0 bridgehead atoms. The predicted octanol–water partition coefficient (Wildman–Crippen LogP) is 3.36. The topological polar surface area (TPSA) is 96.2 Å². The molecule has 3 heterocycles. The summed E-state index contributed by atoms with van der Waals surface area (Å²) in [6.07, 6.45) is -0.717. The number of carbonyl (C=O) groups is 1. The van der Waals surface area contributed by atoms with Crippen molar-refractivity contribution in [2.45, 2.75) is 24.4 Å². The van der Waals surface area contributed by atoms with Gasteiger partial charge in [-0.05, 0) is 31.2 Å². The smallest absolute Gasteiger partial charge is 0.277 e. The first-order valence-electron chi connectivity index (χ1n) is 10.7. The summed E-state index contributed by atoms with van der Waals surface area (Å²) in [5.41, 5.74) is 0. The molecular formula is C23H23N3O6S. The van der Waals surface area contributed by atoms with Gasteiger partial charge in [0.2, 0.25) is 12.0 Å². The Kier molecular flexibility index (Phi) is 6.25. The first-order valence-corrected chi connectivity index (χ1v) is 11.7. The van der Waals surface area contributed by atoms with Crippen LogP contribution in [0.1, 0.15) is 18.9 Å². The predicted molar refractivity (Wildman–Crippen MR) is 119 cm³/mol. The first-order chi connectivity index (χ1) is 16.2. The number of ether oxygens (including phenoxy) is 4. The van der Waals surface area contributed by atoms with Crippen molar-refractivity contribution in [1.82, 2.24) is 15.1 Å². The molecule has 3 aromatic rings. The van der Waals surface area contributed by atoms with Crippen molar-refractivity contribution in [3.05, 3.63) is 54.4 Å². The van der Waals surface area contributed by atoms with E-state index in [0.717, 1.165) is 5.75 Å². The minimum atomic E-state index is -0.490. The summed E-state index contributed by atoms with van der Waals surface area (Å²) in [5.74, 6) is 3.18. The number of para-hydroxylation sites is 4. The van der Waals surface area contributed by atoms with Gasteiger partial charge in [-0.3, -0.25) is 4.79 Å². The van der Waals surface area contributed by atoms with Crippen molar-refractivity contribution in [2.75, 3.05) is 32.1 Å². The molecule has 0 radical (unpaired) electrons. The van der Waals surface area contributed by atoms with Crippen molar-refractivity contribution in [3.8, 4) is 23.0 Å². The molecule has 0 saturated heterocycles. The number of aromatic nitrogens is 2. The third-order valence-electron chi connectivity index (χ3n) is 5.25. The van der Waals surface area contributed by atoms with Crippen molar-refractivity contribution < 1.29 is 28.2 Å². The van der Waals surface area contributed by atoms with Gasteiger partial charge in [0.25, 0.3) is 11.1 Å². The number of carbonyl (C=O) groups excluding carboxylic acids is 1. The average Bonchev–Trinajstić information content (AvgIpc) is 3.34. The molecule has 172 valence electrons. The Morgan fingerprint density at radius 2 is 1.64 bits per heavy atom. The number of amides is 1. The summed E-state index contributed by atoms with van der Waals surface area (Å²) in [7, 11) is 0. The Hall–Kier alpha value is -3.40. The lowest BCUT2D eigenvalue weighted by Gasteiger charge is -2.30. The van der Waals surface area contributed by atoms with E-state index in [9.17, 15) is 4.79 Å². The lowest BCUT2D eigenvalue weighted by molar-refractivity contribution is -0.129. The molecule has 2 aliphatic heterocycles. The molecule has 2 aliphatic rings. The maximum Gasteiger partial charge on any atom is 0.277 e. The quantitative estimate of drug-likeness (QED) is 0.483. The third-order valence-corrected chi connectivity index (χ3v) is 6.05. The lowest BCUT2D eigenvalue weighted by atomic mass is 10.2. The molecule has 33 heavy (non-hydrogen) atoms. The maximum atomic E-state index is 12.8. The van der Waals surface area contributed by atoms with E-state index in [2.05, 4.69) is 10.2 Å². The molecule has 0 spiro atoms. The van der Waals surface area contributed by atoms with Gasteiger partial charge in [-0.25, -0.2) is 0 Å². The van der Waals surface area contributed by atoms with Crippen LogP contribution in [0.3, 0.4) is 0 Å². The zero-order valence-electron chi connectivity index (χ0n) is 18.0. The summed E-state index contributed by atoms with van der Waals surface area (Å²) in [5, 5.41) is 8.42. The largest absolute Gasteiger partial charge is 0.486 e. The van der Waals surface area contributed by atoms with E-state index in [1.54, 1.807) is 4.90 Å². The number of hydrogen-bond donors (Lipinski definition) is 0. The van der Waals surface area contributed by atoms with Crippen LogP contribution >= 0.6 is 11.8 Å². The van der Waals surface area contributed by atoms with Crippen LogP contribution in [0.2, 0.25) is 0 Å². The second-order valence-corrected chi connectivity index (χ2v) is 8.42. The molecule has 2 aromatic carbocycles. The molecule has 1 aromatic heterocycles. The highest BCUT2D eigenvalue weighted by molar-refractivity contribution is 7.99. The Bertz CT molecular complexity index is 1120. The van der Waals surface area contributed by atoms with Crippen LogP contribution < -0.4 is 18.9 Å². The number of hydrogen-bond acceptors (Lipinski definition) is 9. The highest BCUT2D eigenvalue weighted by atomic mass is 32.2. The van der Waals surface area contributed by atoms with Crippen LogP contribution in [0.25, 0.3) is 0 Å². The number of likely N-dealkylation sites (N-methyl/N-ethyl adjacent to an activating group) is 1. The zero-order chi connectivity index (χ0) is 22.6. The summed E-state index contributed by atoms with van der Waals surface area (Å²) in [4.78, 5) is 14.5. The van der Waals surface area contributed by atoms with Gasteiger partial charge in [-0.1, -0.05) is 36.0 Å². The fraction of sp³-hybridized carbons (Fsp3) is 0.348. The SMILES string of the molecule is CCN(CC1COc2ccccc2O1)C(=O)CSc1nnc(C2COc3ccccc3O2)o1. The number of fused-ring (bicyclic) bond motifs is 2. The van der Waals surface area contributed by atoms with Gasteiger partial charge < -0.3 is 28.3 Å². The summed E-state index contributed by atoms with van der Waals surface area (Å²) in [6, 6.07) is 14.9. The van der Waals surface area contributed by atoms with Gasteiger partial charge in [-0.2, -0.15) is 0 Å². The second kappa shape index (κ2) is 9.62. The van der Waals surface area contributed by atoms with Crippen LogP contribution in [0.15, 0.2) is 58.2 Å². The molecule has 5 rings (SSSR count). The van der Waals surface area contributed by atoms with Crippen LogP contribution in [-0.2, 0) is 4.79 Å². The van der Waals surface area contributed by atoms with Crippen molar-refractivity contribution in [1.29, 1.82) is 0 Å². The molecule has 1 amide bonds. The van der Waals surface area contributed by atoms with Crippen LogP contribution in [0.5, 0.6) is 23.0 Å². The highest BCUT2D eigenvalue weighted by Crippen LogP contribution is 2.36. The van der Waals surface area contributed by atoms with E-state index < -0.39 is 6.10 Å². The number of nitrogens with zero attached hydrogens (tertiary/aromatic N) is 3. The van der Waals surface area contributed by atoms with Crippen LogP contribution in [-0.4, -0.2) is 59.2 Å². The zero-order valence-corrected chi connectivity index (χ0v) is 18.8. The standard InChI is InChI=1S/C23H23N3O6S/c1-2-26(11-15-12-28-16-7-3-5-9-18(16)30-15)21(27)14-33-23-25-24-22(32-23)20-13-29-17-8-4-6-10-19(17)31-20/h3-10,15,20H,2,11-14H2,1H3. The maximum absolute atomic E-state index is 12.8. The van der Waals surface area contributed by atoms with E-state index in [1.807, 2.05) is 55.5 Å². The summed E-state index contributed by atoms with van der Waals surface area (Å²) in [6.45, 7) is 3.60. The lowest BCUT2D eigenvalue weighted by Crippen LogP contribution is -2.44. The van der Waals surface area contributed by atoms with Crippen LogP contribution in [0, 0.1) is 0 Å². The second-order valence-electron chi connectivity index (χ2n) is 7.49. The number of thioether (sulfide) groups is 1. The minimum absolute atomic E-state index is 0.0455. The van der Waals surface area contributed by atoms with Gasteiger partial charge in [0.15, 0.2) is 29.1 Å². The van der Waals surface area contributed by atoms with Gasteiger partial charge in [0, 0.05) is 6.54 Å². The van der Waals surface area contributed by atoms with Gasteiger partial charge >= 0.3 is 0 Å². The van der Waals surface area contributed by atoms with Gasteiger partial charge in [0.1, 0.15) is 13.2 Å². The number of benzene rings is 2. The summed E-state index contributed by atoms with van der Waals surface area (Å²) >= 11 is 1.19. The van der Waals surface area contributed by atoms with Crippen molar-refractivity contribution in [3.63, 3.8) is 0 Å². The Morgan fingerprint density at radius 1 is 0.970 bits per heavy atom. The molecule has 0 saturated carbocycles. The molecular weight excluding hydrogens is 446 g/mol. The highest BCUT2D eigenvalue weighted by Gasteiger charge is 2.28. The summed E-state index contributed by atoms with van der Waals surface area (Å²) < 4.78 is 29.0. The fourth-order valence-electron chi connectivity index (χ4n) is 3.57. The molecule has 0 aliphatic carbocycles. The van der Waals surface area contributed by atoms with E-state index in [0.29, 0.717) is 48.1 Å². The minimum Gasteiger partial charge on any atom is -0.486 e. The molecule has 9 nitrogen and oxygen atoms in total. The molecule has 0 N–H and O–H groups in total. The van der Waals surface area contributed by atoms with E-state index in [-0.39, 0.29) is 24.4 Å². The molecule has 10 heteroatoms. The van der Waals surface area contributed by atoms with E-state index in [1.165, 1.54) is 11.8 Å². The van der Waals surface area contributed by atoms with E-state index in [4.69, 9.17) is 23.4 Å². The van der Waals surface area contributed by atoms with Crippen LogP contribution in [0.4, 0.5) is 0 Å². The average molecular weight is 470 g/mol. The third kappa shape index (κ3) is 4.85. The molecule has 0 fully saturated rings. The molecule has 2 unspecified atom stereocenters. The Labute approximate surface area is 195 Å². The fourth-order valence-corrected chi connectivity index (χ4v) is 4.24.